The molecular formula is C20H28N2O3S. The van der Waals surface area contributed by atoms with Gasteiger partial charge in [0.15, 0.2) is 5.60 Å². The molecule has 0 bridgehead atoms. The van der Waals surface area contributed by atoms with Crippen molar-refractivity contribution in [2.24, 2.45) is 0 Å². The number of fused-ring (bicyclic) bond motifs is 1. The smallest absolute Gasteiger partial charge is 0.308 e. The van der Waals surface area contributed by atoms with Gasteiger partial charge in [-0.15, -0.1) is 0 Å². The van der Waals surface area contributed by atoms with Crippen LogP contribution >= 0.6 is 12.2 Å². The first-order valence-corrected chi connectivity index (χ1v) is 9.65. The van der Waals surface area contributed by atoms with Crippen LogP contribution in [0, 0.1) is 20.8 Å². The van der Waals surface area contributed by atoms with Crippen molar-refractivity contribution < 1.29 is 14.3 Å². The van der Waals surface area contributed by atoms with Gasteiger partial charge in [0.25, 0.3) is 0 Å². The number of piperazine rings is 1. The number of esters is 1. The van der Waals surface area contributed by atoms with Crippen molar-refractivity contribution in [3.8, 4) is 11.5 Å². The monoisotopic (exact) mass is 376 g/mol. The van der Waals surface area contributed by atoms with Gasteiger partial charge < -0.3 is 19.7 Å². The van der Waals surface area contributed by atoms with Gasteiger partial charge in [0, 0.05) is 38.7 Å². The first kappa shape index (κ1) is 19.1. The molecule has 6 heteroatoms. The molecule has 0 aromatic heterocycles. The van der Waals surface area contributed by atoms with Crippen molar-refractivity contribution in [1.82, 2.24) is 10.2 Å². The second-order valence-corrected chi connectivity index (χ2v) is 7.87. The molecule has 2 aliphatic rings. The van der Waals surface area contributed by atoms with Gasteiger partial charge in [0.05, 0.1) is 0 Å². The van der Waals surface area contributed by atoms with Crippen LogP contribution in [0.15, 0.2) is 0 Å². The molecule has 1 aromatic rings. The van der Waals surface area contributed by atoms with Crippen LogP contribution in [0.3, 0.4) is 0 Å². The van der Waals surface area contributed by atoms with Gasteiger partial charge in [-0.05, 0) is 57.2 Å². The minimum atomic E-state index is -0.480. The molecule has 1 aromatic carbocycles. The average molecular weight is 377 g/mol. The van der Waals surface area contributed by atoms with E-state index in [2.05, 4.69) is 17.1 Å². The third-order valence-corrected chi connectivity index (χ3v) is 6.28. The Hall–Kier alpha value is -1.66. The molecule has 1 saturated heterocycles. The van der Waals surface area contributed by atoms with Crippen LogP contribution in [0.2, 0.25) is 0 Å². The number of rotatable bonds is 2. The average Bonchev–Trinajstić information content (AvgIpc) is 2.63. The lowest BCUT2D eigenvalue weighted by molar-refractivity contribution is -0.132. The van der Waals surface area contributed by atoms with Crippen LogP contribution in [-0.4, -0.2) is 47.6 Å². The third kappa shape index (κ3) is 3.32. The number of benzene rings is 1. The number of nitrogens with one attached hydrogen (secondary N) is 1. The van der Waals surface area contributed by atoms with E-state index in [9.17, 15) is 4.79 Å². The molecule has 2 aliphatic heterocycles. The zero-order chi connectivity index (χ0) is 19.1. The van der Waals surface area contributed by atoms with Crippen molar-refractivity contribution in [2.75, 3.05) is 26.2 Å². The van der Waals surface area contributed by atoms with Gasteiger partial charge in [0.2, 0.25) is 0 Å². The van der Waals surface area contributed by atoms with Crippen LogP contribution in [0.4, 0.5) is 0 Å². The minimum absolute atomic E-state index is 0.294. The highest BCUT2D eigenvalue weighted by atomic mass is 32.1. The Balaban J connectivity index is 1.95. The van der Waals surface area contributed by atoms with Crippen molar-refractivity contribution in [3.63, 3.8) is 0 Å². The molecule has 1 N–H and O–H groups in total. The predicted molar refractivity (Wildman–Crippen MR) is 106 cm³/mol. The number of carbonyl (C=O) groups is 1. The number of hydrogen-bond acceptors (Lipinski definition) is 5. The Morgan fingerprint density at radius 3 is 2.46 bits per heavy atom. The molecule has 142 valence electrons. The maximum atomic E-state index is 11.5. The molecule has 0 amide bonds. The largest absolute Gasteiger partial charge is 0.480 e. The summed E-state index contributed by atoms with van der Waals surface area (Å²) in [4.78, 5) is 14.6. The number of carbonyl (C=O) groups excluding carboxylic acids is 1. The fourth-order valence-corrected chi connectivity index (χ4v) is 4.21. The summed E-state index contributed by atoms with van der Waals surface area (Å²) in [6.07, 6.45) is 1.69. The van der Waals surface area contributed by atoms with E-state index in [1.807, 2.05) is 20.8 Å². The minimum Gasteiger partial charge on any atom is -0.480 e. The summed E-state index contributed by atoms with van der Waals surface area (Å²) in [5, 5.41) is 3.36. The molecule has 0 aliphatic carbocycles. The lowest BCUT2D eigenvalue weighted by Crippen LogP contribution is -2.56. The summed E-state index contributed by atoms with van der Waals surface area (Å²) in [6.45, 7) is 13.3. The van der Waals surface area contributed by atoms with Gasteiger partial charge >= 0.3 is 5.97 Å². The topological polar surface area (TPSA) is 50.8 Å². The summed E-state index contributed by atoms with van der Waals surface area (Å²) < 4.78 is 12.0. The van der Waals surface area contributed by atoms with E-state index in [1.54, 1.807) is 0 Å². The molecule has 1 atom stereocenters. The fraction of sp³-hybridized carbons (Fsp3) is 0.600. The van der Waals surface area contributed by atoms with Crippen molar-refractivity contribution in [1.29, 1.82) is 0 Å². The highest BCUT2D eigenvalue weighted by molar-refractivity contribution is 7.80. The van der Waals surface area contributed by atoms with E-state index < -0.39 is 5.60 Å². The zero-order valence-corrected chi connectivity index (χ0v) is 17.1. The molecule has 5 nitrogen and oxygen atoms in total. The van der Waals surface area contributed by atoms with E-state index in [4.69, 9.17) is 21.7 Å². The fourth-order valence-electron chi connectivity index (χ4n) is 3.88. The van der Waals surface area contributed by atoms with Crippen LogP contribution < -0.4 is 14.8 Å². The summed E-state index contributed by atoms with van der Waals surface area (Å²) in [7, 11) is 0. The number of nitrogens with zero attached hydrogens (tertiary/aromatic N) is 1. The number of hydrogen-bond donors (Lipinski definition) is 1. The van der Waals surface area contributed by atoms with Crippen LogP contribution in [0.1, 0.15) is 42.5 Å². The van der Waals surface area contributed by atoms with Gasteiger partial charge in [0.1, 0.15) is 16.5 Å². The Morgan fingerprint density at radius 2 is 1.85 bits per heavy atom. The molecule has 26 heavy (non-hydrogen) atoms. The molecule has 1 unspecified atom stereocenters. The van der Waals surface area contributed by atoms with Gasteiger partial charge in [-0.25, -0.2) is 0 Å². The Morgan fingerprint density at radius 1 is 1.19 bits per heavy atom. The molecule has 3 rings (SSSR count). The maximum absolute atomic E-state index is 11.5. The molecule has 0 spiro atoms. The van der Waals surface area contributed by atoms with E-state index in [-0.39, 0.29) is 5.97 Å². The summed E-state index contributed by atoms with van der Waals surface area (Å²) in [5.74, 6) is 1.28. The molecule has 1 fully saturated rings. The van der Waals surface area contributed by atoms with Gasteiger partial charge in [-0.1, -0.05) is 12.2 Å². The lowest BCUT2D eigenvalue weighted by atomic mass is 9.86. The molecule has 2 heterocycles. The van der Waals surface area contributed by atoms with E-state index in [1.165, 1.54) is 6.92 Å². The van der Waals surface area contributed by atoms with E-state index >= 15 is 0 Å². The molecule has 0 radical (unpaired) electrons. The van der Waals surface area contributed by atoms with Crippen LogP contribution in [0.5, 0.6) is 11.5 Å². The molecular weight excluding hydrogens is 348 g/mol. The molecule has 0 saturated carbocycles. The van der Waals surface area contributed by atoms with Gasteiger partial charge in [-0.2, -0.15) is 0 Å². The third-order valence-electron chi connectivity index (χ3n) is 5.59. The number of thiocarbonyl (C=S) groups is 1. The quantitative estimate of drug-likeness (QED) is 0.487. The van der Waals surface area contributed by atoms with Crippen LogP contribution in [0.25, 0.3) is 0 Å². The highest BCUT2D eigenvalue weighted by Gasteiger charge is 2.40. The van der Waals surface area contributed by atoms with Crippen molar-refractivity contribution in [3.05, 3.63) is 22.3 Å². The first-order chi connectivity index (χ1) is 12.2. The lowest BCUT2D eigenvalue weighted by Gasteiger charge is -2.43. The Bertz CT molecular complexity index is 756. The summed E-state index contributed by atoms with van der Waals surface area (Å²) in [5.41, 5.74) is 3.62. The van der Waals surface area contributed by atoms with Crippen molar-refractivity contribution in [2.45, 2.75) is 53.1 Å². The number of ether oxygens (including phenoxy) is 2. The van der Waals surface area contributed by atoms with E-state index in [0.29, 0.717) is 5.75 Å². The normalized spacial score (nSPS) is 22.4. The summed E-state index contributed by atoms with van der Waals surface area (Å²) in [6, 6.07) is 0. The highest BCUT2D eigenvalue weighted by Crippen LogP contribution is 2.44. The maximum Gasteiger partial charge on any atom is 0.308 e. The predicted octanol–water partition coefficient (Wildman–Crippen LogP) is 2.85. The Kier molecular flexibility index (Phi) is 5.26. The van der Waals surface area contributed by atoms with E-state index in [0.717, 1.165) is 72.0 Å². The SMILES string of the molecule is CC(=O)Oc1c(C)c(C)c2c(c1C)CCC(C)(C(=S)N1CCNCC1)O2. The standard InChI is InChI=1S/C20H28N2O3S/c1-12-13(2)18-16(14(3)17(12)24-15(4)23)6-7-20(5,25-18)19(26)22-10-8-21-9-11-22/h21H,6-11H2,1-5H3. The van der Waals surface area contributed by atoms with Crippen molar-refractivity contribution >= 4 is 23.2 Å². The summed E-state index contributed by atoms with van der Waals surface area (Å²) >= 11 is 5.83. The van der Waals surface area contributed by atoms with Crippen LogP contribution in [-0.2, 0) is 11.2 Å². The second-order valence-electron chi connectivity index (χ2n) is 7.48. The Labute approximate surface area is 161 Å². The first-order valence-electron chi connectivity index (χ1n) is 9.25. The zero-order valence-electron chi connectivity index (χ0n) is 16.3. The second kappa shape index (κ2) is 7.16. The van der Waals surface area contributed by atoms with Gasteiger partial charge in [-0.3, -0.25) is 4.79 Å².